The summed E-state index contributed by atoms with van der Waals surface area (Å²) in [4.78, 5) is 14.7. The normalized spacial score (nSPS) is 17.8. The first-order chi connectivity index (χ1) is 14.7. The zero-order chi connectivity index (χ0) is 21.3. The number of ether oxygens (including phenoxy) is 2. The SMILES string of the molecule is CCCCC1SC(=NN=Cc2ccc(OC)cc2OC)N(Cc2ccccc2)C1=O. The average Bonchev–Trinajstić information content (AvgIpc) is 3.07. The van der Waals surface area contributed by atoms with E-state index in [-0.39, 0.29) is 11.2 Å². The summed E-state index contributed by atoms with van der Waals surface area (Å²) in [5.74, 6) is 1.46. The second-order valence-corrected chi connectivity index (χ2v) is 8.06. The molecule has 0 saturated carbocycles. The van der Waals surface area contributed by atoms with Gasteiger partial charge >= 0.3 is 0 Å². The summed E-state index contributed by atoms with van der Waals surface area (Å²) in [5.41, 5.74) is 1.85. The number of rotatable bonds is 9. The van der Waals surface area contributed by atoms with Crippen LogP contribution in [0.1, 0.15) is 37.3 Å². The Morgan fingerprint density at radius 2 is 1.93 bits per heavy atom. The molecule has 1 atom stereocenters. The molecule has 2 aromatic carbocycles. The first-order valence-electron chi connectivity index (χ1n) is 10.0. The van der Waals surface area contributed by atoms with Crippen LogP contribution >= 0.6 is 11.8 Å². The summed E-state index contributed by atoms with van der Waals surface area (Å²) < 4.78 is 10.6. The van der Waals surface area contributed by atoms with Crippen LogP contribution in [0.5, 0.6) is 11.5 Å². The third kappa shape index (κ3) is 5.42. The molecule has 2 aromatic rings. The molecule has 0 bridgehead atoms. The van der Waals surface area contributed by atoms with Gasteiger partial charge in [-0.2, -0.15) is 5.10 Å². The van der Waals surface area contributed by atoms with Gasteiger partial charge in [-0.05, 0) is 24.1 Å². The summed E-state index contributed by atoms with van der Waals surface area (Å²) in [6.07, 6.45) is 4.56. The Hall–Kier alpha value is -2.80. The van der Waals surface area contributed by atoms with Crippen LogP contribution in [0.25, 0.3) is 0 Å². The fourth-order valence-electron chi connectivity index (χ4n) is 3.14. The third-order valence-corrected chi connectivity index (χ3v) is 6.04. The van der Waals surface area contributed by atoms with Gasteiger partial charge in [-0.1, -0.05) is 61.9 Å². The smallest absolute Gasteiger partial charge is 0.242 e. The number of unbranched alkanes of at least 4 members (excludes halogenated alkanes) is 1. The van der Waals surface area contributed by atoms with Crippen molar-refractivity contribution in [1.82, 2.24) is 4.90 Å². The fraction of sp³-hybridized carbons (Fsp3) is 0.348. The molecule has 30 heavy (non-hydrogen) atoms. The molecule has 1 fully saturated rings. The topological polar surface area (TPSA) is 63.5 Å². The predicted octanol–water partition coefficient (Wildman–Crippen LogP) is 4.73. The number of methoxy groups -OCH3 is 2. The van der Waals surface area contributed by atoms with Gasteiger partial charge in [0.2, 0.25) is 5.91 Å². The number of amides is 1. The summed E-state index contributed by atoms with van der Waals surface area (Å²) in [6.45, 7) is 2.63. The van der Waals surface area contributed by atoms with Gasteiger partial charge in [0.25, 0.3) is 0 Å². The second-order valence-electron chi connectivity index (χ2n) is 6.89. The number of carbonyl (C=O) groups excluding carboxylic acids is 1. The van der Waals surface area contributed by atoms with Crippen LogP contribution < -0.4 is 9.47 Å². The second kappa shape index (κ2) is 10.8. The minimum atomic E-state index is -0.0989. The summed E-state index contributed by atoms with van der Waals surface area (Å²) in [7, 11) is 3.21. The van der Waals surface area contributed by atoms with Crippen molar-refractivity contribution in [3.8, 4) is 11.5 Å². The average molecular weight is 426 g/mol. The fourth-order valence-corrected chi connectivity index (χ4v) is 4.28. The van der Waals surface area contributed by atoms with Gasteiger partial charge in [0.05, 0.1) is 32.2 Å². The van der Waals surface area contributed by atoms with Crippen LogP contribution in [0.15, 0.2) is 58.7 Å². The minimum Gasteiger partial charge on any atom is -0.497 e. The van der Waals surface area contributed by atoms with Gasteiger partial charge in [0, 0.05) is 11.6 Å². The Morgan fingerprint density at radius 3 is 2.63 bits per heavy atom. The van der Waals surface area contributed by atoms with Gasteiger partial charge in [-0.15, -0.1) is 5.10 Å². The molecule has 1 aliphatic rings. The molecule has 1 saturated heterocycles. The van der Waals surface area contributed by atoms with Gasteiger partial charge in [-0.3, -0.25) is 9.69 Å². The van der Waals surface area contributed by atoms with Gasteiger partial charge in [0.1, 0.15) is 11.5 Å². The summed E-state index contributed by atoms with van der Waals surface area (Å²) in [5, 5.41) is 9.18. The highest BCUT2D eigenvalue weighted by Crippen LogP contribution is 2.32. The molecule has 1 unspecified atom stereocenters. The molecule has 0 aliphatic carbocycles. The van der Waals surface area contributed by atoms with E-state index in [1.807, 2.05) is 42.5 Å². The van der Waals surface area contributed by atoms with E-state index in [1.165, 1.54) is 11.8 Å². The highest BCUT2D eigenvalue weighted by atomic mass is 32.2. The number of benzene rings is 2. The zero-order valence-electron chi connectivity index (χ0n) is 17.6. The molecule has 1 amide bonds. The van der Waals surface area contributed by atoms with Crippen molar-refractivity contribution in [3.63, 3.8) is 0 Å². The van der Waals surface area contributed by atoms with Crippen LogP contribution in [0.3, 0.4) is 0 Å². The standard InChI is InChI=1S/C23H27N3O3S/c1-4-5-11-21-22(27)26(16-17-9-7-6-8-10-17)23(30-21)25-24-15-18-12-13-19(28-2)14-20(18)29-3/h6-10,12-15,21H,4-5,11,16H2,1-3H3. The Balaban J connectivity index is 1.82. The van der Waals surface area contributed by atoms with Crippen LogP contribution in [0, 0.1) is 0 Å². The number of hydrogen-bond donors (Lipinski definition) is 0. The largest absolute Gasteiger partial charge is 0.497 e. The molecule has 1 aliphatic heterocycles. The molecule has 0 N–H and O–H groups in total. The molecule has 7 heteroatoms. The van der Waals surface area contributed by atoms with Crippen molar-refractivity contribution < 1.29 is 14.3 Å². The molecule has 0 spiro atoms. The Morgan fingerprint density at radius 1 is 1.13 bits per heavy atom. The quantitative estimate of drug-likeness (QED) is 0.430. The minimum absolute atomic E-state index is 0.0989. The van der Waals surface area contributed by atoms with E-state index in [4.69, 9.17) is 9.47 Å². The van der Waals surface area contributed by atoms with Crippen LogP contribution in [-0.2, 0) is 11.3 Å². The molecular weight excluding hydrogens is 398 g/mol. The van der Waals surface area contributed by atoms with Crippen molar-refractivity contribution in [2.45, 2.75) is 38.0 Å². The van der Waals surface area contributed by atoms with Crippen molar-refractivity contribution in [1.29, 1.82) is 0 Å². The lowest BCUT2D eigenvalue weighted by Gasteiger charge is -2.15. The van der Waals surface area contributed by atoms with Crippen LogP contribution in [0.4, 0.5) is 0 Å². The molecule has 3 rings (SSSR count). The van der Waals surface area contributed by atoms with Crippen molar-refractivity contribution in [3.05, 3.63) is 59.7 Å². The van der Waals surface area contributed by atoms with Gasteiger partial charge in [-0.25, -0.2) is 0 Å². The highest BCUT2D eigenvalue weighted by molar-refractivity contribution is 8.15. The molecule has 0 radical (unpaired) electrons. The van der Waals surface area contributed by atoms with E-state index in [9.17, 15) is 4.79 Å². The molecule has 6 nitrogen and oxygen atoms in total. The van der Waals surface area contributed by atoms with E-state index in [1.54, 1.807) is 31.4 Å². The van der Waals surface area contributed by atoms with E-state index in [0.29, 0.717) is 23.2 Å². The zero-order valence-corrected chi connectivity index (χ0v) is 18.4. The van der Waals surface area contributed by atoms with Crippen LogP contribution in [-0.4, -0.2) is 41.7 Å². The molecule has 1 heterocycles. The van der Waals surface area contributed by atoms with Gasteiger partial charge in [0.15, 0.2) is 5.17 Å². The highest BCUT2D eigenvalue weighted by Gasteiger charge is 2.37. The van der Waals surface area contributed by atoms with E-state index >= 15 is 0 Å². The number of thioether (sulfide) groups is 1. The number of hydrogen-bond acceptors (Lipinski definition) is 6. The molecule has 158 valence electrons. The number of nitrogens with zero attached hydrogens (tertiary/aromatic N) is 3. The lowest BCUT2D eigenvalue weighted by atomic mass is 10.1. The lowest BCUT2D eigenvalue weighted by molar-refractivity contribution is -0.126. The Kier molecular flexibility index (Phi) is 7.90. The Labute approximate surface area is 182 Å². The van der Waals surface area contributed by atoms with E-state index in [0.717, 1.165) is 30.4 Å². The number of amidine groups is 1. The van der Waals surface area contributed by atoms with Crippen molar-refractivity contribution in [2.24, 2.45) is 10.2 Å². The Bertz CT molecular complexity index is 915. The summed E-state index contributed by atoms with van der Waals surface area (Å²) in [6, 6.07) is 15.4. The maximum absolute atomic E-state index is 13.0. The monoisotopic (exact) mass is 425 g/mol. The van der Waals surface area contributed by atoms with E-state index in [2.05, 4.69) is 17.1 Å². The first kappa shape index (κ1) is 21.9. The van der Waals surface area contributed by atoms with E-state index < -0.39 is 0 Å². The predicted molar refractivity (Wildman–Crippen MR) is 122 cm³/mol. The van der Waals surface area contributed by atoms with Gasteiger partial charge < -0.3 is 9.47 Å². The molecular formula is C23H27N3O3S. The first-order valence-corrected chi connectivity index (χ1v) is 10.9. The molecule has 0 aromatic heterocycles. The maximum Gasteiger partial charge on any atom is 0.242 e. The lowest BCUT2D eigenvalue weighted by Crippen LogP contribution is -2.31. The van der Waals surface area contributed by atoms with Crippen LogP contribution in [0.2, 0.25) is 0 Å². The summed E-state index contributed by atoms with van der Waals surface area (Å²) >= 11 is 1.50. The van der Waals surface area contributed by atoms with Crippen molar-refractivity contribution >= 4 is 29.1 Å². The number of carbonyl (C=O) groups is 1. The van der Waals surface area contributed by atoms with Crippen molar-refractivity contribution in [2.75, 3.05) is 14.2 Å². The third-order valence-electron chi connectivity index (χ3n) is 4.80. The maximum atomic E-state index is 13.0.